The molecule has 8 heteroatoms. The Hall–Kier alpha value is -4.14. The van der Waals surface area contributed by atoms with Gasteiger partial charge in [-0.3, -0.25) is 14.5 Å². The lowest BCUT2D eigenvalue weighted by Gasteiger charge is -2.37. The van der Waals surface area contributed by atoms with E-state index in [1.165, 1.54) is 71.2 Å². The summed E-state index contributed by atoms with van der Waals surface area (Å²) in [7, 11) is 0. The van der Waals surface area contributed by atoms with Crippen LogP contribution in [0.5, 0.6) is 11.5 Å². The van der Waals surface area contributed by atoms with Crippen molar-refractivity contribution in [2.45, 2.75) is 138 Å². The van der Waals surface area contributed by atoms with Crippen LogP contribution in [0.15, 0.2) is 72.8 Å². The number of ether oxygens (including phenoxy) is 2. The number of hydrogen-bond acceptors (Lipinski definition) is 6. The van der Waals surface area contributed by atoms with E-state index in [2.05, 4.69) is 131 Å². The van der Waals surface area contributed by atoms with E-state index in [9.17, 15) is 14.7 Å². The van der Waals surface area contributed by atoms with Crippen molar-refractivity contribution in [3.05, 3.63) is 83.9 Å². The van der Waals surface area contributed by atoms with Gasteiger partial charge in [0.15, 0.2) is 0 Å². The minimum atomic E-state index is -0.671. The Morgan fingerprint density at radius 2 is 1.07 bits per heavy atom. The van der Waals surface area contributed by atoms with Gasteiger partial charge in [-0.15, -0.1) is 0 Å². The number of aryl methyl sites for hydroxylation is 1. The number of carboxylic acids is 2. The largest absolute Gasteiger partial charge is 0.490 e. The average molecular weight is 835 g/mol. The van der Waals surface area contributed by atoms with Crippen molar-refractivity contribution in [1.82, 2.24) is 10.2 Å². The van der Waals surface area contributed by atoms with E-state index in [0.717, 1.165) is 75.1 Å². The maximum atomic E-state index is 11.2. The van der Waals surface area contributed by atoms with E-state index in [-0.39, 0.29) is 11.8 Å². The third-order valence-electron chi connectivity index (χ3n) is 14.0. The number of aliphatic carboxylic acids is 2. The van der Waals surface area contributed by atoms with Crippen molar-refractivity contribution in [1.29, 1.82) is 0 Å². The number of carboxylic acid groups (broad SMARTS) is 2. The lowest BCUT2D eigenvalue weighted by atomic mass is 9.72. The van der Waals surface area contributed by atoms with Crippen molar-refractivity contribution in [3.63, 3.8) is 0 Å². The van der Waals surface area contributed by atoms with Crippen molar-refractivity contribution in [2.75, 3.05) is 26.2 Å². The van der Waals surface area contributed by atoms with E-state index in [0.29, 0.717) is 36.1 Å². The number of nitrogens with zero attached hydrogens (tertiary/aromatic N) is 1. The second-order valence-electron chi connectivity index (χ2n) is 20.5. The molecule has 4 aromatic carbocycles. The van der Waals surface area contributed by atoms with Crippen molar-refractivity contribution in [3.8, 4) is 11.5 Å². The van der Waals surface area contributed by atoms with Gasteiger partial charge in [0.25, 0.3) is 0 Å². The predicted molar refractivity (Wildman–Crippen MR) is 249 cm³/mol. The van der Waals surface area contributed by atoms with Crippen molar-refractivity contribution < 1.29 is 29.3 Å². The molecular weight excluding hydrogens is 761 g/mol. The maximum absolute atomic E-state index is 11.2. The molecule has 0 amide bonds. The average Bonchev–Trinajstić information content (AvgIpc) is 3.95. The molecule has 0 bridgehead atoms. The summed E-state index contributed by atoms with van der Waals surface area (Å²) in [5, 5.41) is 25.5. The van der Waals surface area contributed by atoms with Gasteiger partial charge in [0.05, 0.1) is 24.0 Å². The van der Waals surface area contributed by atoms with Gasteiger partial charge in [-0.1, -0.05) is 90.9 Å². The minimum Gasteiger partial charge on any atom is -0.490 e. The minimum absolute atomic E-state index is 0.130. The molecular formula is C53H74N2O6. The summed E-state index contributed by atoms with van der Waals surface area (Å²) in [5.41, 5.74) is 3.47. The standard InChI is InChI=1S/C26H35NO3.C22H30O.C5H9NO2/c1-26(2,3)22-7-10-23(11-8-22)30-24-9-6-19-14-18(4-5-20(19)15-24)16-27-13-12-21(17-27)25(28)29;1-5-16-6-7-18-15-21(11-8-17(18)14-16)23-20-12-9-19(10-13-20)22(2,3)4;7-5(8)4-1-2-6-3-4/h4-6,9,14-15,21-23H,7-8,10-13,16-17H2,1-3H3,(H,28,29);6-8,11,14-15,19-20H,5,9-10,12-13H2,1-4H3;4,6H,1-3H2,(H,7,8)/t21-,22?,23?;;4-/m1.1/s1. The van der Waals surface area contributed by atoms with Crippen LogP contribution < -0.4 is 14.8 Å². The molecule has 0 unspecified atom stereocenters. The molecule has 8 rings (SSSR count). The van der Waals surface area contributed by atoms with Crippen LogP contribution in [0, 0.1) is 34.5 Å². The molecule has 61 heavy (non-hydrogen) atoms. The molecule has 4 fully saturated rings. The van der Waals surface area contributed by atoms with Crippen LogP contribution >= 0.6 is 0 Å². The quantitative estimate of drug-likeness (QED) is 0.153. The Kier molecular flexibility index (Phi) is 15.8. The van der Waals surface area contributed by atoms with Crippen LogP contribution in [0.25, 0.3) is 21.5 Å². The Morgan fingerprint density at radius 3 is 1.48 bits per heavy atom. The first-order valence-corrected chi connectivity index (χ1v) is 23.3. The highest BCUT2D eigenvalue weighted by Gasteiger charge is 2.32. The zero-order valence-electron chi connectivity index (χ0n) is 38.2. The number of fused-ring (bicyclic) bond motifs is 2. The van der Waals surface area contributed by atoms with Gasteiger partial charge in [0, 0.05) is 19.6 Å². The van der Waals surface area contributed by atoms with E-state index >= 15 is 0 Å². The van der Waals surface area contributed by atoms with Gasteiger partial charge in [-0.05, 0) is 169 Å². The molecule has 0 aromatic heterocycles. The highest BCUT2D eigenvalue weighted by atomic mass is 16.5. The Bertz CT molecular complexity index is 2040. The van der Waals surface area contributed by atoms with Gasteiger partial charge < -0.3 is 25.0 Å². The van der Waals surface area contributed by atoms with Gasteiger partial charge >= 0.3 is 11.9 Å². The fourth-order valence-corrected chi connectivity index (χ4v) is 9.79. The van der Waals surface area contributed by atoms with Crippen LogP contribution in [0.1, 0.15) is 124 Å². The molecule has 2 aliphatic heterocycles. The second-order valence-corrected chi connectivity index (χ2v) is 20.5. The maximum Gasteiger partial charge on any atom is 0.307 e. The SMILES string of the molecule is CC(C)(C)C1CCC(Oc2ccc3cc(CN4CC[C@@H](C(=O)O)C4)ccc3c2)CC1.CCc1ccc2cc(OC3CCC(C(C)(C)C)CC3)ccc2c1.O=C(O)[C@@H]1CCNC1. The molecule has 3 N–H and O–H groups in total. The summed E-state index contributed by atoms with van der Waals surface area (Å²) in [4.78, 5) is 23.6. The summed E-state index contributed by atoms with van der Waals surface area (Å²) in [5.74, 6) is 1.95. The molecule has 4 aliphatic rings. The number of rotatable bonds is 9. The molecule has 2 saturated heterocycles. The normalized spacial score (nSPS) is 24.6. The van der Waals surface area contributed by atoms with Crippen LogP contribution in [0.3, 0.4) is 0 Å². The van der Waals surface area contributed by atoms with E-state index < -0.39 is 11.9 Å². The smallest absolute Gasteiger partial charge is 0.307 e. The predicted octanol–water partition coefficient (Wildman–Crippen LogP) is 11.8. The van der Waals surface area contributed by atoms with Gasteiger partial charge in [-0.25, -0.2) is 0 Å². The molecule has 8 nitrogen and oxygen atoms in total. The van der Waals surface area contributed by atoms with Gasteiger partial charge in [0.1, 0.15) is 11.5 Å². The summed E-state index contributed by atoms with van der Waals surface area (Å²) in [6, 6.07) is 26.2. The number of carbonyl (C=O) groups is 2. The van der Waals surface area contributed by atoms with Crippen LogP contribution in [0.4, 0.5) is 0 Å². The number of hydrogen-bond donors (Lipinski definition) is 3. The molecule has 332 valence electrons. The second kappa shape index (κ2) is 20.8. The highest BCUT2D eigenvalue weighted by molar-refractivity contribution is 5.85. The third-order valence-corrected chi connectivity index (χ3v) is 14.0. The highest BCUT2D eigenvalue weighted by Crippen LogP contribution is 2.40. The van der Waals surface area contributed by atoms with Crippen molar-refractivity contribution >= 4 is 33.5 Å². The first-order valence-electron chi connectivity index (χ1n) is 23.3. The Balaban J connectivity index is 0.000000177. The summed E-state index contributed by atoms with van der Waals surface area (Å²) in [6.45, 7) is 20.2. The fraction of sp³-hybridized carbons (Fsp3) is 0.585. The summed E-state index contributed by atoms with van der Waals surface area (Å²) >= 11 is 0. The Labute approximate surface area is 365 Å². The molecule has 2 aliphatic carbocycles. The lowest BCUT2D eigenvalue weighted by Crippen LogP contribution is -2.30. The molecule has 2 saturated carbocycles. The fourth-order valence-electron chi connectivity index (χ4n) is 9.79. The molecule has 2 atom stereocenters. The van der Waals surface area contributed by atoms with Crippen LogP contribution in [0.2, 0.25) is 0 Å². The first kappa shape index (κ1) is 46.4. The van der Waals surface area contributed by atoms with Gasteiger partial charge in [-0.2, -0.15) is 0 Å². The van der Waals surface area contributed by atoms with E-state index in [1.807, 2.05) is 0 Å². The van der Waals surface area contributed by atoms with Crippen LogP contribution in [-0.2, 0) is 22.6 Å². The summed E-state index contributed by atoms with van der Waals surface area (Å²) < 4.78 is 12.6. The lowest BCUT2D eigenvalue weighted by molar-refractivity contribution is -0.142. The number of nitrogens with one attached hydrogen (secondary N) is 1. The van der Waals surface area contributed by atoms with Crippen molar-refractivity contribution in [2.24, 2.45) is 34.5 Å². The molecule has 2 heterocycles. The molecule has 0 radical (unpaired) electrons. The van der Waals surface area contributed by atoms with E-state index in [1.54, 1.807) is 0 Å². The summed E-state index contributed by atoms with van der Waals surface area (Å²) in [6.07, 6.45) is 13.1. The zero-order valence-corrected chi connectivity index (χ0v) is 38.2. The van der Waals surface area contributed by atoms with Crippen LogP contribution in [-0.4, -0.2) is 65.4 Å². The first-order chi connectivity index (χ1) is 29.0. The number of benzene rings is 4. The monoisotopic (exact) mass is 835 g/mol. The molecule has 0 spiro atoms. The zero-order chi connectivity index (χ0) is 43.7. The topological polar surface area (TPSA) is 108 Å². The van der Waals surface area contributed by atoms with Gasteiger partial charge in [0.2, 0.25) is 0 Å². The van der Waals surface area contributed by atoms with E-state index in [4.69, 9.17) is 14.6 Å². The third kappa shape index (κ3) is 13.4. The Morgan fingerprint density at radius 1 is 0.607 bits per heavy atom. The molecule has 4 aromatic rings. The number of likely N-dealkylation sites (tertiary alicyclic amines) is 1.